The lowest BCUT2D eigenvalue weighted by molar-refractivity contribution is 1.05. The van der Waals surface area contributed by atoms with Gasteiger partial charge in [-0.15, -0.1) is 10.2 Å². The Morgan fingerprint density at radius 2 is 2.17 bits per heavy atom. The fourth-order valence-electron chi connectivity index (χ4n) is 1.22. The fourth-order valence-corrected chi connectivity index (χ4v) is 1.76. The molecule has 2 heterocycles. The molecular weight excluding hydrogens is 218 g/mol. The number of halogens is 1. The molecule has 0 atom stereocenters. The summed E-state index contributed by atoms with van der Waals surface area (Å²) in [5.74, 6) is 0. The molecule has 2 aromatic heterocycles. The molecule has 12 heavy (non-hydrogen) atoms. The molecule has 2 aromatic rings. The van der Waals surface area contributed by atoms with E-state index in [1.54, 1.807) is 6.33 Å². The Bertz CT molecular complexity index is 433. The first-order valence-corrected chi connectivity index (χ1v) is 4.45. The summed E-state index contributed by atoms with van der Waals surface area (Å²) in [6.45, 7) is 4.05. The van der Waals surface area contributed by atoms with E-state index < -0.39 is 0 Å². The quantitative estimate of drug-likeness (QED) is 0.688. The molecule has 0 spiro atoms. The molecule has 4 heteroatoms. The van der Waals surface area contributed by atoms with Gasteiger partial charge < -0.3 is 0 Å². The third-order valence-corrected chi connectivity index (χ3v) is 2.75. The van der Waals surface area contributed by atoms with Crippen LogP contribution in [0.5, 0.6) is 0 Å². The number of aryl methyl sites for hydroxylation is 2. The molecule has 0 radical (unpaired) electrons. The molecule has 0 saturated carbocycles. The third kappa shape index (κ3) is 0.948. The van der Waals surface area contributed by atoms with Crippen LogP contribution in [0.1, 0.15) is 11.3 Å². The van der Waals surface area contributed by atoms with Crippen LogP contribution in [0.2, 0.25) is 0 Å². The van der Waals surface area contributed by atoms with Crippen molar-refractivity contribution in [3.8, 4) is 0 Å². The van der Waals surface area contributed by atoms with Crippen molar-refractivity contribution >= 4 is 21.6 Å². The summed E-state index contributed by atoms with van der Waals surface area (Å²) in [7, 11) is 0. The Balaban J connectivity index is 2.97. The average molecular weight is 226 g/mol. The first-order valence-electron chi connectivity index (χ1n) is 3.65. The van der Waals surface area contributed by atoms with E-state index in [4.69, 9.17) is 0 Å². The Labute approximate surface area is 78.6 Å². The molecule has 0 unspecified atom stereocenters. The van der Waals surface area contributed by atoms with Crippen LogP contribution in [0.25, 0.3) is 5.65 Å². The van der Waals surface area contributed by atoms with E-state index in [2.05, 4.69) is 32.2 Å². The summed E-state index contributed by atoms with van der Waals surface area (Å²) in [5, 5.41) is 7.87. The van der Waals surface area contributed by atoms with Crippen molar-refractivity contribution in [3.05, 3.63) is 28.1 Å². The number of fused-ring (bicyclic) bond motifs is 1. The van der Waals surface area contributed by atoms with Gasteiger partial charge in [-0.1, -0.05) is 0 Å². The highest BCUT2D eigenvalue weighted by atomic mass is 79.9. The SMILES string of the molecule is Cc1cc(Br)c(C)n2cnnc12. The van der Waals surface area contributed by atoms with Crippen molar-refractivity contribution in [2.24, 2.45) is 0 Å². The normalized spacial score (nSPS) is 10.9. The number of hydrogen-bond acceptors (Lipinski definition) is 2. The zero-order valence-electron chi connectivity index (χ0n) is 6.87. The van der Waals surface area contributed by atoms with E-state index in [0.717, 1.165) is 21.4 Å². The number of pyridine rings is 1. The van der Waals surface area contributed by atoms with Crippen molar-refractivity contribution in [1.82, 2.24) is 14.6 Å². The van der Waals surface area contributed by atoms with E-state index in [9.17, 15) is 0 Å². The zero-order valence-corrected chi connectivity index (χ0v) is 8.46. The van der Waals surface area contributed by atoms with Crippen molar-refractivity contribution in [2.75, 3.05) is 0 Å². The minimum Gasteiger partial charge on any atom is -0.285 e. The minimum atomic E-state index is 0.927. The Morgan fingerprint density at radius 3 is 2.92 bits per heavy atom. The molecule has 0 N–H and O–H groups in total. The smallest absolute Gasteiger partial charge is 0.163 e. The predicted molar refractivity (Wildman–Crippen MR) is 50.2 cm³/mol. The number of rotatable bonds is 0. The van der Waals surface area contributed by atoms with Crippen LogP contribution in [0.3, 0.4) is 0 Å². The maximum absolute atomic E-state index is 4.01. The van der Waals surface area contributed by atoms with Crippen molar-refractivity contribution < 1.29 is 0 Å². The Kier molecular flexibility index (Phi) is 1.65. The Hall–Kier alpha value is -0.900. The highest BCUT2D eigenvalue weighted by molar-refractivity contribution is 9.10. The van der Waals surface area contributed by atoms with Gasteiger partial charge in [0.15, 0.2) is 5.65 Å². The second-order valence-electron chi connectivity index (χ2n) is 2.79. The van der Waals surface area contributed by atoms with Crippen LogP contribution in [-0.4, -0.2) is 14.6 Å². The van der Waals surface area contributed by atoms with Crippen LogP contribution in [0.4, 0.5) is 0 Å². The second kappa shape index (κ2) is 2.55. The number of aromatic nitrogens is 3. The molecule has 62 valence electrons. The van der Waals surface area contributed by atoms with E-state index in [0.29, 0.717) is 0 Å². The molecular formula is C8H8BrN3. The maximum Gasteiger partial charge on any atom is 0.163 e. The predicted octanol–water partition coefficient (Wildman–Crippen LogP) is 2.11. The summed E-state index contributed by atoms with van der Waals surface area (Å²) in [4.78, 5) is 0. The number of nitrogens with zero attached hydrogens (tertiary/aromatic N) is 3. The summed E-state index contributed by atoms with van der Waals surface area (Å²) in [6, 6.07) is 2.05. The molecule has 0 amide bonds. The first-order chi connectivity index (χ1) is 5.70. The molecule has 0 aliphatic carbocycles. The summed E-state index contributed by atoms with van der Waals surface area (Å²) < 4.78 is 3.06. The minimum absolute atomic E-state index is 0.927. The molecule has 0 aliphatic rings. The molecule has 0 aliphatic heterocycles. The molecule has 0 saturated heterocycles. The van der Waals surface area contributed by atoms with Gasteiger partial charge in [-0.3, -0.25) is 4.40 Å². The van der Waals surface area contributed by atoms with Crippen molar-refractivity contribution in [1.29, 1.82) is 0 Å². The van der Waals surface area contributed by atoms with Crippen LogP contribution in [-0.2, 0) is 0 Å². The van der Waals surface area contributed by atoms with Gasteiger partial charge in [-0.05, 0) is 41.4 Å². The maximum atomic E-state index is 4.01. The van der Waals surface area contributed by atoms with Crippen LogP contribution >= 0.6 is 15.9 Å². The van der Waals surface area contributed by atoms with E-state index in [-0.39, 0.29) is 0 Å². The lowest BCUT2D eigenvalue weighted by Crippen LogP contribution is -1.93. The lowest BCUT2D eigenvalue weighted by Gasteiger charge is -2.03. The summed E-state index contributed by atoms with van der Waals surface area (Å²) in [5.41, 5.74) is 3.18. The van der Waals surface area contributed by atoms with Crippen LogP contribution in [0, 0.1) is 13.8 Å². The molecule has 2 rings (SSSR count). The molecule has 0 aromatic carbocycles. The fraction of sp³-hybridized carbons (Fsp3) is 0.250. The van der Waals surface area contributed by atoms with Gasteiger partial charge in [0.1, 0.15) is 6.33 Å². The topological polar surface area (TPSA) is 30.2 Å². The monoisotopic (exact) mass is 225 g/mol. The van der Waals surface area contributed by atoms with Gasteiger partial charge in [0.05, 0.1) is 0 Å². The van der Waals surface area contributed by atoms with Gasteiger partial charge >= 0.3 is 0 Å². The standard InChI is InChI=1S/C8H8BrN3/c1-5-3-7(9)6(2)12-4-10-11-8(5)12/h3-4H,1-2H3. The van der Waals surface area contributed by atoms with Crippen molar-refractivity contribution in [2.45, 2.75) is 13.8 Å². The first kappa shape index (κ1) is 7.73. The molecule has 0 bridgehead atoms. The van der Waals surface area contributed by atoms with Gasteiger partial charge in [0.2, 0.25) is 0 Å². The second-order valence-corrected chi connectivity index (χ2v) is 3.64. The largest absolute Gasteiger partial charge is 0.285 e. The van der Waals surface area contributed by atoms with Gasteiger partial charge in [-0.25, -0.2) is 0 Å². The van der Waals surface area contributed by atoms with Gasteiger partial charge in [0.25, 0.3) is 0 Å². The number of hydrogen-bond donors (Lipinski definition) is 0. The van der Waals surface area contributed by atoms with Crippen LogP contribution in [0.15, 0.2) is 16.9 Å². The highest BCUT2D eigenvalue weighted by Gasteiger charge is 2.04. The average Bonchev–Trinajstić information content (AvgIpc) is 2.48. The van der Waals surface area contributed by atoms with Crippen molar-refractivity contribution in [3.63, 3.8) is 0 Å². The zero-order chi connectivity index (χ0) is 8.72. The van der Waals surface area contributed by atoms with Gasteiger partial charge in [-0.2, -0.15) is 0 Å². The summed E-state index contributed by atoms with van der Waals surface area (Å²) in [6.07, 6.45) is 1.72. The van der Waals surface area contributed by atoms with E-state index in [1.807, 2.05) is 18.2 Å². The molecule has 0 fully saturated rings. The van der Waals surface area contributed by atoms with Crippen LogP contribution < -0.4 is 0 Å². The Morgan fingerprint density at radius 1 is 1.42 bits per heavy atom. The molecule has 3 nitrogen and oxygen atoms in total. The third-order valence-electron chi connectivity index (χ3n) is 1.95. The highest BCUT2D eigenvalue weighted by Crippen LogP contribution is 2.19. The van der Waals surface area contributed by atoms with E-state index in [1.165, 1.54) is 0 Å². The summed E-state index contributed by atoms with van der Waals surface area (Å²) >= 11 is 3.48. The lowest BCUT2D eigenvalue weighted by atomic mass is 10.2. The van der Waals surface area contributed by atoms with E-state index >= 15 is 0 Å². The van der Waals surface area contributed by atoms with Gasteiger partial charge in [0, 0.05) is 10.2 Å².